The average Bonchev–Trinajstić information content (AvgIpc) is 2.36. The standard InChI is InChI=1S/C6H9ClN2O2/c7-2-1-5(10)9-4-3-8-6(9)11/h1-4H2,(H,8,11). The van der Waals surface area contributed by atoms with Crippen LogP contribution in [-0.2, 0) is 4.79 Å². The molecule has 1 heterocycles. The SMILES string of the molecule is O=C(CCCl)N1CCNC1=O. The Morgan fingerprint density at radius 1 is 1.73 bits per heavy atom. The maximum absolute atomic E-state index is 11.0. The maximum Gasteiger partial charge on any atom is 0.324 e. The lowest BCUT2D eigenvalue weighted by Crippen LogP contribution is -2.34. The molecule has 1 rings (SSSR count). The second kappa shape index (κ2) is 3.57. The van der Waals surface area contributed by atoms with Crippen molar-refractivity contribution in [1.29, 1.82) is 0 Å². The van der Waals surface area contributed by atoms with Gasteiger partial charge in [-0.3, -0.25) is 9.69 Å². The van der Waals surface area contributed by atoms with E-state index in [4.69, 9.17) is 11.6 Å². The molecule has 0 bridgehead atoms. The summed E-state index contributed by atoms with van der Waals surface area (Å²) in [6.07, 6.45) is 0.231. The van der Waals surface area contributed by atoms with Gasteiger partial charge in [-0.15, -0.1) is 11.6 Å². The van der Waals surface area contributed by atoms with Crippen LogP contribution < -0.4 is 5.32 Å². The molecule has 0 spiro atoms. The lowest BCUT2D eigenvalue weighted by Gasteiger charge is -2.09. The number of imide groups is 1. The predicted molar refractivity (Wildman–Crippen MR) is 40.4 cm³/mol. The lowest BCUT2D eigenvalue weighted by molar-refractivity contribution is -0.127. The van der Waals surface area contributed by atoms with Gasteiger partial charge in [0.2, 0.25) is 5.91 Å². The fraction of sp³-hybridized carbons (Fsp3) is 0.667. The van der Waals surface area contributed by atoms with Crippen LogP contribution in [0.4, 0.5) is 4.79 Å². The number of urea groups is 1. The van der Waals surface area contributed by atoms with Gasteiger partial charge in [-0.2, -0.15) is 0 Å². The zero-order valence-electron chi connectivity index (χ0n) is 5.97. The fourth-order valence-corrected chi connectivity index (χ4v) is 1.09. The number of halogens is 1. The van der Waals surface area contributed by atoms with E-state index >= 15 is 0 Å². The molecule has 5 heteroatoms. The molecule has 1 N–H and O–H groups in total. The molecule has 0 atom stereocenters. The molecule has 1 aliphatic rings. The van der Waals surface area contributed by atoms with Crippen LogP contribution in [0.15, 0.2) is 0 Å². The summed E-state index contributed by atoms with van der Waals surface area (Å²) in [6.45, 7) is 1.02. The summed E-state index contributed by atoms with van der Waals surface area (Å²) in [4.78, 5) is 23.1. The van der Waals surface area contributed by atoms with E-state index in [1.807, 2.05) is 0 Å². The monoisotopic (exact) mass is 176 g/mol. The van der Waals surface area contributed by atoms with Crippen molar-refractivity contribution in [2.24, 2.45) is 0 Å². The first-order valence-corrected chi connectivity index (χ1v) is 3.93. The predicted octanol–water partition coefficient (Wildman–Crippen LogP) is 0.167. The molecule has 1 aliphatic heterocycles. The summed E-state index contributed by atoms with van der Waals surface area (Å²) < 4.78 is 0. The Morgan fingerprint density at radius 3 is 2.91 bits per heavy atom. The molecule has 0 aromatic rings. The molecule has 0 saturated carbocycles. The molecule has 0 aromatic heterocycles. The summed E-state index contributed by atoms with van der Waals surface area (Å²) in [5, 5.41) is 2.53. The zero-order chi connectivity index (χ0) is 8.27. The molecule has 1 saturated heterocycles. The molecular formula is C6H9ClN2O2. The molecule has 11 heavy (non-hydrogen) atoms. The fourth-order valence-electron chi connectivity index (χ4n) is 0.925. The number of carbonyl (C=O) groups is 2. The number of rotatable bonds is 2. The van der Waals surface area contributed by atoms with Crippen molar-refractivity contribution in [2.75, 3.05) is 19.0 Å². The minimum atomic E-state index is -0.305. The van der Waals surface area contributed by atoms with Gasteiger partial charge in [0.1, 0.15) is 0 Å². The van der Waals surface area contributed by atoms with Gasteiger partial charge >= 0.3 is 6.03 Å². The summed E-state index contributed by atoms with van der Waals surface area (Å²) in [7, 11) is 0. The Kier molecular flexibility index (Phi) is 2.70. The van der Waals surface area contributed by atoms with Gasteiger partial charge in [0.25, 0.3) is 0 Å². The first kappa shape index (κ1) is 8.33. The van der Waals surface area contributed by atoms with Crippen molar-refractivity contribution in [2.45, 2.75) is 6.42 Å². The van der Waals surface area contributed by atoms with E-state index in [0.717, 1.165) is 0 Å². The van der Waals surface area contributed by atoms with Crippen LogP contribution in [0.25, 0.3) is 0 Å². The molecule has 4 nitrogen and oxygen atoms in total. The van der Waals surface area contributed by atoms with E-state index in [1.54, 1.807) is 0 Å². The van der Waals surface area contributed by atoms with Gasteiger partial charge < -0.3 is 5.32 Å². The molecule has 3 amide bonds. The van der Waals surface area contributed by atoms with Crippen LogP contribution >= 0.6 is 11.6 Å². The van der Waals surface area contributed by atoms with E-state index in [-0.39, 0.29) is 24.2 Å². The molecule has 0 radical (unpaired) electrons. The van der Waals surface area contributed by atoms with Crippen molar-refractivity contribution in [1.82, 2.24) is 10.2 Å². The van der Waals surface area contributed by atoms with Crippen molar-refractivity contribution >= 4 is 23.5 Å². The Balaban J connectivity index is 2.46. The molecule has 0 aromatic carbocycles. The van der Waals surface area contributed by atoms with Crippen LogP contribution in [-0.4, -0.2) is 35.8 Å². The maximum atomic E-state index is 11.0. The topological polar surface area (TPSA) is 49.4 Å². The number of carbonyl (C=O) groups excluding carboxylic acids is 2. The molecular weight excluding hydrogens is 168 g/mol. The number of hydrogen-bond acceptors (Lipinski definition) is 2. The Hall–Kier alpha value is -0.770. The largest absolute Gasteiger partial charge is 0.336 e. The smallest absolute Gasteiger partial charge is 0.324 e. The van der Waals surface area contributed by atoms with E-state index in [2.05, 4.69) is 5.32 Å². The molecule has 0 aliphatic carbocycles. The third-order valence-electron chi connectivity index (χ3n) is 1.47. The average molecular weight is 177 g/mol. The van der Waals surface area contributed by atoms with Gasteiger partial charge in [0, 0.05) is 25.4 Å². The van der Waals surface area contributed by atoms with Gasteiger partial charge in [-0.1, -0.05) is 0 Å². The highest BCUT2D eigenvalue weighted by molar-refractivity contribution is 6.19. The van der Waals surface area contributed by atoms with Gasteiger partial charge in [0.15, 0.2) is 0 Å². The Bertz CT molecular complexity index is 183. The summed E-state index contributed by atoms with van der Waals surface area (Å²) in [6, 6.07) is -0.305. The highest BCUT2D eigenvalue weighted by Gasteiger charge is 2.24. The van der Waals surface area contributed by atoms with E-state index in [9.17, 15) is 9.59 Å². The van der Waals surface area contributed by atoms with E-state index in [0.29, 0.717) is 13.1 Å². The lowest BCUT2D eigenvalue weighted by atomic mass is 10.4. The zero-order valence-corrected chi connectivity index (χ0v) is 6.73. The van der Waals surface area contributed by atoms with Crippen LogP contribution in [0.1, 0.15) is 6.42 Å². The van der Waals surface area contributed by atoms with E-state index in [1.165, 1.54) is 4.90 Å². The number of alkyl halides is 1. The third kappa shape index (κ3) is 1.83. The van der Waals surface area contributed by atoms with Crippen molar-refractivity contribution in [3.05, 3.63) is 0 Å². The van der Waals surface area contributed by atoms with Gasteiger partial charge in [0.05, 0.1) is 0 Å². The van der Waals surface area contributed by atoms with Crippen molar-refractivity contribution < 1.29 is 9.59 Å². The number of nitrogens with one attached hydrogen (secondary N) is 1. The first-order chi connectivity index (χ1) is 5.25. The first-order valence-electron chi connectivity index (χ1n) is 3.40. The highest BCUT2D eigenvalue weighted by atomic mass is 35.5. The van der Waals surface area contributed by atoms with Gasteiger partial charge in [-0.25, -0.2) is 4.79 Å². The summed E-state index contributed by atoms with van der Waals surface area (Å²) >= 11 is 5.34. The van der Waals surface area contributed by atoms with Crippen LogP contribution in [0.3, 0.4) is 0 Å². The Morgan fingerprint density at radius 2 is 2.45 bits per heavy atom. The Labute approximate surface area is 69.5 Å². The third-order valence-corrected chi connectivity index (χ3v) is 1.66. The molecule has 1 fully saturated rings. The molecule has 62 valence electrons. The summed E-state index contributed by atoms with van der Waals surface area (Å²) in [5.41, 5.74) is 0. The van der Waals surface area contributed by atoms with Gasteiger partial charge in [-0.05, 0) is 0 Å². The number of hydrogen-bond donors (Lipinski definition) is 1. The quantitative estimate of drug-likeness (QED) is 0.610. The van der Waals surface area contributed by atoms with Crippen LogP contribution in [0.2, 0.25) is 0 Å². The minimum Gasteiger partial charge on any atom is -0.336 e. The van der Waals surface area contributed by atoms with Crippen LogP contribution in [0, 0.1) is 0 Å². The highest BCUT2D eigenvalue weighted by Crippen LogP contribution is 2.00. The van der Waals surface area contributed by atoms with E-state index < -0.39 is 0 Å². The molecule has 0 unspecified atom stereocenters. The minimum absolute atomic E-state index is 0.199. The summed E-state index contributed by atoms with van der Waals surface area (Å²) in [5.74, 6) is 0.0674. The van der Waals surface area contributed by atoms with Crippen LogP contribution in [0.5, 0.6) is 0 Å². The number of nitrogens with zero attached hydrogens (tertiary/aromatic N) is 1. The second-order valence-corrected chi connectivity index (χ2v) is 2.59. The van der Waals surface area contributed by atoms with Crippen molar-refractivity contribution in [3.8, 4) is 0 Å². The van der Waals surface area contributed by atoms with Crippen molar-refractivity contribution in [3.63, 3.8) is 0 Å². The second-order valence-electron chi connectivity index (χ2n) is 2.22. The normalized spacial score (nSPS) is 16.8. The number of amides is 3.